The van der Waals surface area contributed by atoms with Crippen molar-refractivity contribution in [3.8, 4) is 0 Å². The van der Waals surface area contributed by atoms with Crippen LogP contribution in [-0.2, 0) is 14.6 Å². The molecule has 0 aromatic rings. The van der Waals surface area contributed by atoms with Crippen LogP contribution in [-0.4, -0.2) is 44.7 Å². The van der Waals surface area contributed by atoms with Crippen molar-refractivity contribution in [3.63, 3.8) is 0 Å². The summed E-state index contributed by atoms with van der Waals surface area (Å²) in [4.78, 5) is 0. The Hall–Kier alpha value is -0.130. The quantitative estimate of drug-likeness (QED) is 0.754. The third-order valence-electron chi connectivity index (χ3n) is 4.69. The fourth-order valence-electron chi connectivity index (χ4n) is 3.56. The van der Waals surface area contributed by atoms with Gasteiger partial charge in [-0.25, -0.2) is 8.42 Å². The lowest BCUT2D eigenvalue weighted by Crippen LogP contribution is -2.64. The van der Waals surface area contributed by atoms with E-state index < -0.39 is 9.84 Å². The number of hydrogen-bond donors (Lipinski definition) is 1. The van der Waals surface area contributed by atoms with Crippen molar-refractivity contribution in [2.45, 2.75) is 43.7 Å². The van der Waals surface area contributed by atoms with Crippen LogP contribution in [0.3, 0.4) is 0 Å². The van der Waals surface area contributed by atoms with E-state index in [1.807, 2.05) is 0 Å². The third kappa shape index (κ3) is 2.13. The summed E-state index contributed by atoms with van der Waals surface area (Å²) in [5.74, 6) is 1.22. The molecule has 1 unspecified atom stereocenters. The second-order valence-corrected chi connectivity index (χ2v) is 7.99. The second-order valence-electron chi connectivity index (χ2n) is 5.69. The molecule has 3 rings (SSSR count). The lowest BCUT2D eigenvalue weighted by molar-refractivity contribution is -0.156. The maximum absolute atomic E-state index is 11.5. The van der Waals surface area contributed by atoms with Gasteiger partial charge in [-0.2, -0.15) is 0 Å². The Kier molecular flexibility index (Phi) is 2.96. The van der Waals surface area contributed by atoms with Crippen LogP contribution in [0.15, 0.2) is 0 Å². The standard InChI is InChI=1S/C12H21NO3S/c14-17(15)8-2-10(3-9-17)11-12(4-1-5-12)16-7-6-13-11/h10-11,13H,1-9H2. The van der Waals surface area contributed by atoms with Crippen LogP contribution in [0.2, 0.25) is 0 Å². The Balaban J connectivity index is 1.71. The Morgan fingerprint density at radius 1 is 1.18 bits per heavy atom. The van der Waals surface area contributed by atoms with E-state index in [1.54, 1.807) is 0 Å². The summed E-state index contributed by atoms with van der Waals surface area (Å²) in [6.45, 7) is 1.72. The van der Waals surface area contributed by atoms with Gasteiger partial charge in [-0.05, 0) is 38.0 Å². The number of morpholine rings is 1. The van der Waals surface area contributed by atoms with Gasteiger partial charge in [0.2, 0.25) is 0 Å². The van der Waals surface area contributed by atoms with E-state index in [1.165, 1.54) is 6.42 Å². The minimum Gasteiger partial charge on any atom is -0.372 e. The molecular weight excluding hydrogens is 238 g/mol. The fraction of sp³-hybridized carbons (Fsp3) is 1.00. The molecule has 2 saturated heterocycles. The summed E-state index contributed by atoms with van der Waals surface area (Å²) in [6, 6.07) is 0.389. The van der Waals surface area contributed by atoms with Gasteiger partial charge in [0.25, 0.3) is 0 Å². The summed E-state index contributed by atoms with van der Waals surface area (Å²) in [7, 11) is -2.75. The van der Waals surface area contributed by atoms with Gasteiger partial charge in [-0.3, -0.25) is 0 Å². The van der Waals surface area contributed by atoms with Crippen LogP contribution in [0.4, 0.5) is 0 Å². The van der Waals surface area contributed by atoms with Gasteiger partial charge < -0.3 is 10.1 Å². The van der Waals surface area contributed by atoms with Gasteiger partial charge in [0, 0.05) is 12.6 Å². The van der Waals surface area contributed by atoms with E-state index in [2.05, 4.69) is 5.32 Å². The molecule has 5 heteroatoms. The minimum absolute atomic E-state index is 0.0457. The molecule has 17 heavy (non-hydrogen) atoms. The molecule has 0 radical (unpaired) electrons. The summed E-state index contributed by atoms with van der Waals surface area (Å²) < 4.78 is 29.0. The van der Waals surface area contributed by atoms with E-state index in [9.17, 15) is 8.42 Å². The molecule has 2 aliphatic heterocycles. The Labute approximate surface area is 103 Å². The van der Waals surface area contributed by atoms with Gasteiger partial charge >= 0.3 is 0 Å². The smallest absolute Gasteiger partial charge is 0.150 e. The normalized spacial score (nSPS) is 36.6. The average molecular weight is 259 g/mol. The molecule has 1 spiro atoms. The van der Waals surface area contributed by atoms with E-state index in [0.29, 0.717) is 23.5 Å². The van der Waals surface area contributed by atoms with Crippen molar-refractivity contribution >= 4 is 9.84 Å². The lowest BCUT2D eigenvalue weighted by Gasteiger charge is -2.53. The van der Waals surface area contributed by atoms with E-state index >= 15 is 0 Å². The molecule has 1 aliphatic carbocycles. The highest BCUT2D eigenvalue weighted by atomic mass is 32.2. The minimum atomic E-state index is -2.75. The molecule has 0 amide bonds. The zero-order valence-corrected chi connectivity index (χ0v) is 11.0. The van der Waals surface area contributed by atoms with E-state index in [4.69, 9.17) is 4.74 Å². The Bertz CT molecular complexity index is 375. The first-order valence-corrected chi connectivity index (χ1v) is 8.51. The molecule has 1 saturated carbocycles. The van der Waals surface area contributed by atoms with Gasteiger partial charge in [-0.1, -0.05) is 0 Å². The monoisotopic (exact) mass is 259 g/mol. The number of hydrogen-bond acceptors (Lipinski definition) is 4. The molecule has 0 aromatic heterocycles. The molecule has 1 atom stereocenters. The first kappa shape index (κ1) is 11.9. The molecule has 0 bridgehead atoms. The van der Waals surface area contributed by atoms with Gasteiger partial charge in [0.1, 0.15) is 9.84 Å². The van der Waals surface area contributed by atoms with E-state index in [-0.39, 0.29) is 5.60 Å². The third-order valence-corrected chi connectivity index (χ3v) is 6.41. The summed E-state index contributed by atoms with van der Waals surface area (Å²) in [5, 5.41) is 3.59. The van der Waals surface area contributed by atoms with Crippen molar-refractivity contribution < 1.29 is 13.2 Å². The number of ether oxygens (including phenoxy) is 1. The summed E-state index contributed by atoms with van der Waals surface area (Å²) in [6.07, 6.45) is 5.17. The fourth-order valence-corrected chi connectivity index (χ4v) is 5.09. The summed E-state index contributed by atoms with van der Waals surface area (Å²) in [5.41, 5.74) is 0.0457. The maximum atomic E-state index is 11.5. The topological polar surface area (TPSA) is 55.4 Å². The Morgan fingerprint density at radius 2 is 1.88 bits per heavy atom. The first-order valence-electron chi connectivity index (χ1n) is 6.69. The lowest BCUT2D eigenvalue weighted by atomic mass is 9.68. The van der Waals surface area contributed by atoms with Crippen LogP contribution in [0.25, 0.3) is 0 Å². The van der Waals surface area contributed by atoms with Crippen molar-refractivity contribution in [2.75, 3.05) is 24.7 Å². The second kappa shape index (κ2) is 4.21. The van der Waals surface area contributed by atoms with Gasteiger partial charge in [-0.15, -0.1) is 0 Å². The van der Waals surface area contributed by atoms with Crippen molar-refractivity contribution in [1.29, 1.82) is 0 Å². The zero-order chi connectivity index (χ0) is 11.9. The zero-order valence-electron chi connectivity index (χ0n) is 10.2. The number of rotatable bonds is 1. The maximum Gasteiger partial charge on any atom is 0.150 e. The van der Waals surface area contributed by atoms with Crippen LogP contribution in [0.5, 0.6) is 0 Å². The largest absolute Gasteiger partial charge is 0.372 e. The molecule has 2 heterocycles. The van der Waals surface area contributed by atoms with Crippen molar-refractivity contribution in [3.05, 3.63) is 0 Å². The molecule has 0 aromatic carbocycles. The SMILES string of the molecule is O=S1(=O)CCC(C2NCCOC23CCC3)CC1. The first-order chi connectivity index (χ1) is 8.11. The van der Waals surface area contributed by atoms with Crippen molar-refractivity contribution in [2.24, 2.45) is 5.92 Å². The molecule has 3 fully saturated rings. The highest BCUT2D eigenvalue weighted by Crippen LogP contribution is 2.44. The predicted octanol–water partition coefficient (Wildman–Crippen LogP) is 0.722. The van der Waals surface area contributed by atoms with Gasteiger partial charge in [0.05, 0.1) is 23.7 Å². The Morgan fingerprint density at radius 3 is 2.47 bits per heavy atom. The van der Waals surface area contributed by atoms with Gasteiger partial charge in [0.15, 0.2) is 0 Å². The van der Waals surface area contributed by atoms with Crippen LogP contribution >= 0.6 is 0 Å². The van der Waals surface area contributed by atoms with Crippen LogP contribution in [0.1, 0.15) is 32.1 Å². The molecule has 4 nitrogen and oxygen atoms in total. The molecule has 1 N–H and O–H groups in total. The molecular formula is C12H21NO3S. The van der Waals surface area contributed by atoms with Crippen LogP contribution < -0.4 is 5.32 Å². The molecule has 3 aliphatic rings. The van der Waals surface area contributed by atoms with E-state index in [0.717, 1.165) is 38.8 Å². The van der Waals surface area contributed by atoms with Crippen LogP contribution in [0, 0.1) is 5.92 Å². The highest BCUT2D eigenvalue weighted by Gasteiger charge is 2.50. The average Bonchev–Trinajstić information content (AvgIpc) is 2.27. The summed E-state index contributed by atoms with van der Waals surface area (Å²) >= 11 is 0. The number of sulfone groups is 1. The van der Waals surface area contributed by atoms with Crippen molar-refractivity contribution in [1.82, 2.24) is 5.32 Å². The highest BCUT2D eigenvalue weighted by molar-refractivity contribution is 7.91. The number of nitrogens with one attached hydrogen (secondary N) is 1. The molecule has 98 valence electrons. The predicted molar refractivity (Wildman–Crippen MR) is 65.7 cm³/mol.